The van der Waals surface area contributed by atoms with Crippen LogP contribution in [-0.2, 0) is 6.54 Å². The van der Waals surface area contributed by atoms with Crippen molar-refractivity contribution in [2.45, 2.75) is 13.5 Å². The number of nitrogens with zero attached hydrogens (tertiary/aromatic N) is 1. The summed E-state index contributed by atoms with van der Waals surface area (Å²) in [6.07, 6.45) is 3.45. The first-order valence-corrected chi connectivity index (χ1v) is 5.56. The molecule has 0 saturated heterocycles. The van der Waals surface area contributed by atoms with Crippen molar-refractivity contribution in [1.82, 2.24) is 10.3 Å². The number of halogens is 1. The molecule has 0 aliphatic rings. The summed E-state index contributed by atoms with van der Waals surface area (Å²) < 4.78 is 13.8. The van der Waals surface area contributed by atoms with Crippen LogP contribution in [0.5, 0.6) is 0 Å². The molecule has 1 aromatic carbocycles. The Bertz CT molecular complexity index is 523. The molecule has 17 heavy (non-hydrogen) atoms. The first-order chi connectivity index (χ1) is 8.20. The third kappa shape index (κ3) is 2.68. The van der Waals surface area contributed by atoms with Gasteiger partial charge in [-0.05, 0) is 43.3 Å². The van der Waals surface area contributed by atoms with E-state index in [0.717, 1.165) is 23.2 Å². The largest absolute Gasteiger partial charge is 0.316 e. The molecule has 88 valence electrons. The van der Waals surface area contributed by atoms with Crippen molar-refractivity contribution in [2.24, 2.45) is 0 Å². The summed E-state index contributed by atoms with van der Waals surface area (Å²) in [6, 6.07) is 7.10. The third-order valence-corrected chi connectivity index (χ3v) is 2.60. The normalized spacial score (nSPS) is 10.5. The van der Waals surface area contributed by atoms with Crippen LogP contribution in [-0.4, -0.2) is 12.0 Å². The summed E-state index contributed by atoms with van der Waals surface area (Å²) in [5.41, 5.74) is 3.51. The molecule has 0 aliphatic heterocycles. The van der Waals surface area contributed by atoms with Crippen LogP contribution in [0.15, 0.2) is 36.7 Å². The maximum absolute atomic E-state index is 13.8. The predicted molar refractivity (Wildman–Crippen MR) is 67.1 cm³/mol. The summed E-state index contributed by atoms with van der Waals surface area (Å²) in [6.45, 7) is 2.68. The Kier molecular flexibility index (Phi) is 3.49. The fraction of sp³-hybridized carbons (Fsp3) is 0.214. The quantitative estimate of drug-likeness (QED) is 0.877. The number of pyridine rings is 1. The van der Waals surface area contributed by atoms with Gasteiger partial charge in [0.1, 0.15) is 5.82 Å². The van der Waals surface area contributed by atoms with Crippen LogP contribution >= 0.6 is 0 Å². The van der Waals surface area contributed by atoms with Gasteiger partial charge in [-0.1, -0.05) is 6.07 Å². The smallest absolute Gasteiger partial charge is 0.131 e. The second-order valence-corrected chi connectivity index (χ2v) is 4.10. The lowest BCUT2D eigenvalue weighted by Gasteiger charge is -2.07. The average Bonchev–Trinajstić information content (AvgIpc) is 2.32. The van der Waals surface area contributed by atoms with Gasteiger partial charge in [0.25, 0.3) is 0 Å². The molecule has 0 atom stereocenters. The molecule has 0 spiro atoms. The monoisotopic (exact) mass is 230 g/mol. The Morgan fingerprint density at radius 3 is 2.76 bits per heavy atom. The molecule has 0 saturated carbocycles. The van der Waals surface area contributed by atoms with Gasteiger partial charge in [0, 0.05) is 30.1 Å². The van der Waals surface area contributed by atoms with Gasteiger partial charge in [-0.25, -0.2) is 4.39 Å². The fourth-order valence-corrected chi connectivity index (χ4v) is 1.81. The van der Waals surface area contributed by atoms with Crippen molar-refractivity contribution in [3.05, 3.63) is 53.6 Å². The molecule has 0 aliphatic carbocycles. The first kappa shape index (κ1) is 11.7. The lowest BCUT2D eigenvalue weighted by Crippen LogP contribution is -2.05. The van der Waals surface area contributed by atoms with Crippen LogP contribution in [0, 0.1) is 12.7 Å². The van der Waals surface area contributed by atoms with Crippen LogP contribution in [0.3, 0.4) is 0 Å². The zero-order valence-corrected chi connectivity index (χ0v) is 10.00. The standard InChI is InChI=1S/C14H15FN2/c1-10-5-12(9-17-7-10)13-6-11(8-16-2)3-4-14(13)15/h3-7,9,16H,8H2,1-2H3. The lowest BCUT2D eigenvalue weighted by molar-refractivity contribution is 0.630. The summed E-state index contributed by atoms with van der Waals surface area (Å²) >= 11 is 0. The number of benzene rings is 1. The highest BCUT2D eigenvalue weighted by Crippen LogP contribution is 2.24. The zero-order valence-electron chi connectivity index (χ0n) is 10.00. The first-order valence-electron chi connectivity index (χ1n) is 5.56. The van der Waals surface area contributed by atoms with Crippen molar-refractivity contribution in [1.29, 1.82) is 0 Å². The average molecular weight is 230 g/mol. The molecule has 2 rings (SSSR count). The number of rotatable bonds is 3. The molecule has 0 bridgehead atoms. The zero-order chi connectivity index (χ0) is 12.3. The van der Waals surface area contributed by atoms with E-state index in [1.54, 1.807) is 18.5 Å². The van der Waals surface area contributed by atoms with Crippen molar-refractivity contribution in [3.63, 3.8) is 0 Å². The van der Waals surface area contributed by atoms with Gasteiger partial charge in [0.05, 0.1) is 0 Å². The molecule has 0 unspecified atom stereocenters. The molecular formula is C14H15FN2. The predicted octanol–water partition coefficient (Wildman–Crippen LogP) is 2.92. The highest BCUT2D eigenvalue weighted by atomic mass is 19.1. The molecule has 1 aromatic heterocycles. The second kappa shape index (κ2) is 5.06. The van der Waals surface area contributed by atoms with Crippen LogP contribution in [0.4, 0.5) is 4.39 Å². The summed E-state index contributed by atoms with van der Waals surface area (Å²) in [5.74, 6) is -0.211. The Balaban J connectivity index is 2.46. The molecule has 0 fully saturated rings. The van der Waals surface area contributed by atoms with Gasteiger partial charge in [-0.15, -0.1) is 0 Å². The van der Waals surface area contributed by atoms with E-state index in [-0.39, 0.29) is 5.82 Å². The minimum Gasteiger partial charge on any atom is -0.316 e. The van der Waals surface area contributed by atoms with E-state index in [1.807, 2.05) is 26.1 Å². The summed E-state index contributed by atoms with van der Waals surface area (Å²) in [7, 11) is 1.87. The minimum atomic E-state index is -0.211. The van der Waals surface area contributed by atoms with E-state index in [2.05, 4.69) is 10.3 Å². The molecule has 0 radical (unpaired) electrons. The van der Waals surface area contributed by atoms with Gasteiger partial charge >= 0.3 is 0 Å². The molecule has 2 nitrogen and oxygen atoms in total. The van der Waals surface area contributed by atoms with Crippen LogP contribution in [0.2, 0.25) is 0 Å². The maximum atomic E-state index is 13.8. The Hall–Kier alpha value is -1.74. The molecular weight excluding hydrogens is 215 g/mol. The highest BCUT2D eigenvalue weighted by molar-refractivity contribution is 5.64. The lowest BCUT2D eigenvalue weighted by atomic mass is 10.0. The molecule has 1 N–H and O–H groups in total. The van der Waals surface area contributed by atoms with E-state index < -0.39 is 0 Å². The number of hydrogen-bond donors (Lipinski definition) is 1. The van der Waals surface area contributed by atoms with Gasteiger partial charge in [0.2, 0.25) is 0 Å². The summed E-state index contributed by atoms with van der Waals surface area (Å²) in [4.78, 5) is 4.10. The van der Waals surface area contributed by atoms with Crippen LogP contribution in [0.1, 0.15) is 11.1 Å². The van der Waals surface area contributed by atoms with Crippen LogP contribution < -0.4 is 5.32 Å². The number of aromatic nitrogens is 1. The van der Waals surface area contributed by atoms with E-state index >= 15 is 0 Å². The van der Waals surface area contributed by atoms with Gasteiger partial charge in [0.15, 0.2) is 0 Å². The van der Waals surface area contributed by atoms with E-state index in [9.17, 15) is 4.39 Å². The number of aryl methyl sites for hydroxylation is 1. The van der Waals surface area contributed by atoms with Gasteiger partial charge < -0.3 is 5.32 Å². The minimum absolute atomic E-state index is 0.211. The Morgan fingerprint density at radius 2 is 2.06 bits per heavy atom. The maximum Gasteiger partial charge on any atom is 0.131 e. The molecule has 0 amide bonds. The van der Waals surface area contributed by atoms with Crippen molar-refractivity contribution < 1.29 is 4.39 Å². The van der Waals surface area contributed by atoms with E-state index in [4.69, 9.17) is 0 Å². The molecule has 1 heterocycles. The second-order valence-electron chi connectivity index (χ2n) is 4.10. The van der Waals surface area contributed by atoms with Gasteiger partial charge in [-0.3, -0.25) is 4.98 Å². The van der Waals surface area contributed by atoms with E-state index in [0.29, 0.717) is 5.56 Å². The van der Waals surface area contributed by atoms with Crippen molar-refractivity contribution in [3.8, 4) is 11.1 Å². The summed E-state index contributed by atoms with van der Waals surface area (Å²) in [5, 5.41) is 3.06. The number of nitrogens with one attached hydrogen (secondary N) is 1. The Labute approximate surface area is 101 Å². The topological polar surface area (TPSA) is 24.9 Å². The molecule has 3 heteroatoms. The Morgan fingerprint density at radius 1 is 1.24 bits per heavy atom. The SMILES string of the molecule is CNCc1ccc(F)c(-c2cncc(C)c2)c1. The van der Waals surface area contributed by atoms with Crippen molar-refractivity contribution in [2.75, 3.05) is 7.05 Å². The molecule has 2 aromatic rings. The number of hydrogen-bond acceptors (Lipinski definition) is 2. The van der Waals surface area contributed by atoms with Gasteiger partial charge in [-0.2, -0.15) is 0 Å². The van der Waals surface area contributed by atoms with E-state index in [1.165, 1.54) is 6.07 Å². The highest BCUT2D eigenvalue weighted by Gasteiger charge is 2.06. The van der Waals surface area contributed by atoms with Crippen LogP contribution in [0.25, 0.3) is 11.1 Å². The fourth-order valence-electron chi connectivity index (χ4n) is 1.81. The van der Waals surface area contributed by atoms with Crippen molar-refractivity contribution >= 4 is 0 Å². The third-order valence-electron chi connectivity index (χ3n) is 2.60.